The van der Waals surface area contributed by atoms with Crippen LogP contribution in [-0.4, -0.2) is 20.8 Å². The number of nitrogen functional groups attached to an aromatic ring is 1. The Bertz CT molecular complexity index is 552. The number of carbonyl (C=O) groups is 1. The summed E-state index contributed by atoms with van der Waals surface area (Å²) in [4.78, 5) is 15.4. The summed E-state index contributed by atoms with van der Waals surface area (Å²) in [7, 11) is 0. The Morgan fingerprint density at radius 2 is 2.06 bits per heavy atom. The molecule has 0 spiro atoms. The molecule has 94 valence electrons. The number of amides is 1. The van der Waals surface area contributed by atoms with Crippen LogP contribution in [0.4, 0.5) is 0 Å². The molecule has 0 radical (unpaired) electrons. The number of imidazole rings is 1. The van der Waals surface area contributed by atoms with Crippen LogP contribution in [-0.2, 0) is 4.79 Å². The lowest BCUT2D eigenvalue weighted by atomic mass is 10.2. The Labute approximate surface area is 109 Å². The van der Waals surface area contributed by atoms with E-state index in [9.17, 15) is 4.79 Å². The van der Waals surface area contributed by atoms with Crippen molar-refractivity contribution >= 4 is 17.7 Å². The van der Waals surface area contributed by atoms with Gasteiger partial charge in [0.25, 0.3) is 0 Å². The first-order valence-electron chi connectivity index (χ1n) is 5.44. The van der Waals surface area contributed by atoms with Crippen LogP contribution in [0.2, 0.25) is 0 Å². The standard InChI is InChI=1S/C12H14N4OS/c1-8(11(13)17)18-12-15-10(7-16(12)14)9-5-3-2-4-6-9/h2-8H,14H2,1H3,(H2,13,17). The minimum Gasteiger partial charge on any atom is -0.369 e. The molecule has 1 heterocycles. The molecule has 0 bridgehead atoms. The SMILES string of the molecule is CC(Sc1nc(-c2ccccc2)cn1N)C(N)=O. The summed E-state index contributed by atoms with van der Waals surface area (Å²) in [5, 5.41) is 0.207. The molecule has 0 saturated carbocycles. The monoisotopic (exact) mass is 262 g/mol. The van der Waals surface area contributed by atoms with Crippen molar-refractivity contribution < 1.29 is 4.79 Å². The molecule has 1 unspecified atom stereocenters. The largest absolute Gasteiger partial charge is 0.369 e. The third-order valence-electron chi connectivity index (χ3n) is 2.45. The zero-order chi connectivity index (χ0) is 13.1. The molecule has 1 amide bonds. The molecular weight excluding hydrogens is 248 g/mol. The average molecular weight is 262 g/mol. The Morgan fingerprint density at radius 3 is 2.67 bits per heavy atom. The lowest BCUT2D eigenvalue weighted by molar-refractivity contribution is -0.117. The first-order chi connectivity index (χ1) is 8.58. The summed E-state index contributed by atoms with van der Waals surface area (Å²) in [6.45, 7) is 1.73. The fourth-order valence-corrected chi connectivity index (χ4v) is 2.19. The summed E-state index contributed by atoms with van der Waals surface area (Å²) in [6, 6.07) is 9.71. The van der Waals surface area contributed by atoms with Gasteiger partial charge in [-0.15, -0.1) is 0 Å². The first-order valence-corrected chi connectivity index (χ1v) is 6.31. The van der Waals surface area contributed by atoms with Crippen LogP contribution in [0.25, 0.3) is 11.3 Å². The van der Waals surface area contributed by atoms with E-state index in [0.29, 0.717) is 5.16 Å². The Hall–Kier alpha value is -1.95. The van der Waals surface area contributed by atoms with Gasteiger partial charge in [-0.2, -0.15) is 0 Å². The van der Waals surface area contributed by atoms with Gasteiger partial charge < -0.3 is 11.6 Å². The zero-order valence-electron chi connectivity index (χ0n) is 9.91. The molecule has 2 aromatic rings. The van der Waals surface area contributed by atoms with Crippen molar-refractivity contribution in [3.05, 3.63) is 36.5 Å². The molecule has 5 nitrogen and oxygen atoms in total. The number of aromatic nitrogens is 2. The van der Waals surface area contributed by atoms with Gasteiger partial charge in [0.15, 0.2) is 5.16 Å². The van der Waals surface area contributed by atoms with Crippen molar-refractivity contribution in [2.75, 3.05) is 5.84 Å². The van der Waals surface area contributed by atoms with Gasteiger partial charge in [0, 0.05) is 5.56 Å². The van der Waals surface area contributed by atoms with Gasteiger partial charge in [-0.3, -0.25) is 4.79 Å². The predicted molar refractivity (Wildman–Crippen MR) is 72.3 cm³/mol. The zero-order valence-corrected chi connectivity index (χ0v) is 10.7. The molecule has 0 fully saturated rings. The summed E-state index contributed by atoms with van der Waals surface area (Å²) in [5.41, 5.74) is 6.97. The highest BCUT2D eigenvalue weighted by molar-refractivity contribution is 8.00. The second-order valence-electron chi connectivity index (χ2n) is 3.84. The topological polar surface area (TPSA) is 86.9 Å². The van der Waals surface area contributed by atoms with E-state index in [2.05, 4.69) is 4.98 Å². The smallest absolute Gasteiger partial charge is 0.230 e. The Morgan fingerprint density at radius 1 is 1.39 bits per heavy atom. The third-order valence-corrected chi connectivity index (χ3v) is 3.55. The van der Waals surface area contributed by atoms with E-state index < -0.39 is 0 Å². The van der Waals surface area contributed by atoms with Gasteiger partial charge in [-0.05, 0) is 6.92 Å². The highest BCUT2D eigenvalue weighted by atomic mass is 32.2. The van der Waals surface area contributed by atoms with E-state index >= 15 is 0 Å². The number of nitrogens with zero attached hydrogens (tertiary/aromatic N) is 2. The van der Waals surface area contributed by atoms with E-state index in [-0.39, 0.29) is 11.2 Å². The molecule has 18 heavy (non-hydrogen) atoms. The van der Waals surface area contributed by atoms with Gasteiger partial charge in [-0.1, -0.05) is 42.1 Å². The van der Waals surface area contributed by atoms with Crippen molar-refractivity contribution in [1.29, 1.82) is 0 Å². The van der Waals surface area contributed by atoms with Gasteiger partial charge in [0.1, 0.15) is 0 Å². The lowest BCUT2D eigenvalue weighted by Gasteiger charge is -2.05. The van der Waals surface area contributed by atoms with Crippen molar-refractivity contribution in [3.63, 3.8) is 0 Å². The van der Waals surface area contributed by atoms with E-state index in [1.807, 2.05) is 30.3 Å². The van der Waals surface area contributed by atoms with Crippen LogP contribution in [0.1, 0.15) is 6.92 Å². The van der Waals surface area contributed by atoms with E-state index in [1.165, 1.54) is 16.4 Å². The normalized spacial score (nSPS) is 12.3. The fourth-order valence-electron chi connectivity index (χ4n) is 1.43. The van der Waals surface area contributed by atoms with E-state index in [4.69, 9.17) is 11.6 Å². The second-order valence-corrected chi connectivity index (χ2v) is 5.15. The van der Waals surface area contributed by atoms with E-state index in [0.717, 1.165) is 11.3 Å². The minimum absolute atomic E-state index is 0.363. The average Bonchev–Trinajstić information content (AvgIpc) is 2.72. The number of nitrogens with two attached hydrogens (primary N) is 2. The van der Waals surface area contributed by atoms with Crippen molar-refractivity contribution in [2.24, 2.45) is 5.73 Å². The maximum Gasteiger partial charge on any atom is 0.230 e. The molecule has 1 aromatic carbocycles. The van der Waals surface area contributed by atoms with Gasteiger partial charge >= 0.3 is 0 Å². The molecule has 0 aliphatic rings. The maximum atomic E-state index is 11.0. The van der Waals surface area contributed by atoms with Gasteiger partial charge in [0.05, 0.1) is 17.1 Å². The fraction of sp³-hybridized carbons (Fsp3) is 0.167. The molecule has 1 atom stereocenters. The molecule has 0 saturated heterocycles. The molecule has 2 rings (SSSR count). The molecule has 4 N–H and O–H groups in total. The van der Waals surface area contributed by atoms with Crippen LogP contribution in [0.15, 0.2) is 41.7 Å². The number of hydrogen-bond donors (Lipinski definition) is 2. The van der Waals surface area contributed by atoms with Gasteiger partial charge in [0.2, 0.25) is 5.91 Å². The van der Waals surface area contributed by atoms with E-state index in [1.54, 1.807) is 13.1 Å². The molecule has 6 heteroatoms. The van der Waals surface area contributed by atoms with Crippen LogP contribution in [0, 0.1) is 0 Å². The summed E-state index contributed by atoms with van der Waals surface area (Å²) < 4.78 is 1.41. The van der Waals surface area contributed by atoms with Crippen molar-refractivity contribution in [3.8, 4) is 11.3 Å². The summed E-state index contributed by atoms with van der Waals surface area (Å²) >= 11 is 1.25. The first kappa shape index (κ1) is 12.5. The molecule has 0 aliphatic heterocycles. The van der Waals surface area contributed by atoms with Gasteiger partial charge in [-0.25, -0.2) is 9.66 Å². The van der Waals surface area contributed by atoms with Crippen LogP contribution in [0.5, 0.6) is 0 Å². The quantitative estimate of drug-likeness (QED) is 0.641. The highest BCUT2D eigenvalue weighted by Crippen LogP contribution is 2.25. The Kier molecular flexibility index (Phi) is 3.57. The Balaban J connectivity index is 2.25. The maximum absolute atomic E-state index is 11.0. The van der Waals surface area contributed by atoms with Crippen molar-refractivity contribution in [1.82, 2.24) is 9.66 Å². The molecular formula is C12H14N4OS. The molecule has 0 aliphatic carbocycles. The van der Waals surface area contributed by atoms with Crippen LogP contribution >= 0.6 is 11.8 Å². The minimum atomic E-state index is -0.385. The van der Waals surface area contributed by atoms with Crippen LogP contribution < -0.4 is 11.6 Å². The lowest BCUT2D eigenvalue weighted by Crippen LogP contribution is -2.23. The second kappa shape index (κ2) is 5.14. The molecule has 1 aromatic heterocycles. The number of carbonyl (C=O) groups excluding carboxylic acids is 1. The number of primary amides is 1. The number of benzene rings is 1. The summed E-state index contributed by atoms with van der Waals surface area (Å²) in [6.07, 6.45) is 1.73. The number of thioether (sulfide) groups is 1. The third kappa shape index (κ3) is 2.65. The number of hydrogen-bond acceptors (Lipinski definition) is 4. The highest BCUT2D eigenvalue weighted by Gasteiger charge is 2.15. The van der Waals surface area contributed by atoms with Crippen molar-refractivity contribution in [2.45, 2.75) is 17.3 Å². The summed E-state index contributed by atoms with van der Waals surface area (Å²) in [5.74, 6) is 5.42. The van der Waals surface area contributed by atoms with Crippen LogP contribution in [0.3, 0.4) is 0 Å². The predicted octanol–water partition coefficient (Wildman–Crippen LogP) is 1.23. The number of rotatable bonds is 4.